The van der Waals surface area contributed by atoms with Crippen molar-refractivity contribution in [3.05, 3.63) is 14.7 Å². The molecule has 5 atom stereocenters. The minimum absolute atomic E-state index is 0.0744. The van der Waals surface area contributed by atoms with Crippen LogP contribution in [0.3, 0.4) is 0 Å². The lowest BCUT2D eigenvalue weighted by Crippen LogP contribution is -2.21. The fraction of sp³-hybridized carbons (Fsp3) is 1.00. The number of rotatable bonds is 20. The SMILES string of the molecule is CCCC(N)CCC(CCCC(CCCCC(N)CCC(C)N=O)N=O)N=O. The monoisotopic (exact) mass is 399 g/mol. The van der Waals surface area contributed by atoms with Gasteiger partial charge in [0.1, 0.15) is 0 Å². The van der Waals surface area contributed by atoms with Gasteiger partial charge in [-0.15, -0.1) is 0 Å². The summed E-state index contributed by atoms with van der Waals surface area (Å²) >= 11 is 0. The molecule has 4 N–H and O–H groups in total. The van der Waals surface area contributed by atoms with Crippen LogP contribution in [0.2, 0.25) is 0 Å². The minimum atomic E-state index is -0.212. The summed E-state index contributed by atoms with van der Waals surface area (Å²) in [7, 11) is 0. The lowest BCUT2D eigenvalue weighted by molar-refractivity contribution is 0.436. The molecule has 0 aliphatic heterocycles. The Balaban J connectivity index is 3.88. The van der Waals surface area contributed by atoms with E-state index in [1.54, 1.807) is 6.92 Å². The molecule has 0 aliphatic rings. The number of hydrogen-bond donors (Lipinski definition) is 2. The molecule has 0 aromatic rings. The van der Waals surface area contributed by atoms with E-state index < -0.39 is 0 Å². The Labute approximate surface area is 169 Å². The van der Waals surface area contributed by atoms with Gasteiger partial charge in [0.25, 0.3) is 0 Å². The van der Waals surface area contributed by atoms with Crippen LogP contribution in [0.5, 0.6) is 0 Å². The zero-order valence-electron chi connectivity index (χ0n) is 17.8. The molecule has 0 bridgehead atoms. The Morgan fingerprint density at radius 1 is 0.607 bits per heavy atom. The van der Waals surface area contributed by atoms with E-state index in [1.165, 1.54) is 0 Å². The highest BCUT2D eigenvalue weighted by molar-refractivity contribution is 4.73. The fourth-order valence-corrected chi connectivity index (χ4v) is 3.45. The second-order valence-corrected chi connectivity index (χ2v) is 8.15. The maximum atomic E-state index is 11.1. The molecule has 0 saturated carbocycles. The Bertz CT molecular complexity index is 411. The van der Waals surface area contributed by atoms with Crippen molar-refractivity contribution in [3.8, 4) is 0 Å². The van der Waals surface area contributed by atoms with Crippen LogP contribution in [0.4, 0.5) is 0 Å². The van der Waals surface area contributed by atoms with Crippen LogP contribution >= 0.6 is 0 Å². The predicted molar refractivity (Wildman–Crippen MR) is 116 cm³/mol. The molecule has 8 nitrogen and oxygen atoms in total. The van der Waals surface area contributed by atoms with Gasteiger partial charge in [0, 0.05) is 12.1 Å². The summed E-state index contributed by atoms with van der Waals surface area (Å²) in [4.78, 5) is 32.4. The van der Waals surface area contributed by atoms with Crippen LogP contribution < -0.4 is 11.5 Å². The Morgan fingerprint density at radius 2 is 1.11 bits per heavy atom. The topological polar surface area (TPSA) is 140 Å². The van der Waals surface area contributed by atoms with E-state index in [4.69, 9.17) is 11.5 Å². The number of nitroso groups, excluding NO2 is 3. The van der Waals surface area contributed by atoms with Gasteiger partial charge in [0.05, 0.1) is 18.1 Å². The molecule has 0 aliphatic carbocycles. The minimum Gasteiger partial charge on any atom is -0.328 e. The van der Waals surface area contributed by atoms with E-state index >= 15 is 0 Å². The molecule has 28 heavy (non-hydrogen) atoms. The quantitative estimate of drug-likeness (QED) is 0.215. The predicted octanol–water partition coefficient (Wildman–Crippen LogP) is 5.16. The normalized spacial score (nSPS) is 16.7. The van der Waals surface area contributed by atoms with Crippen LogP contribution in [0.25, 0.3) is 0 Å². The molecule has 0 amide bonds. The molecule has 0 aromatic heterocycles. The fourth-order valence-electron chi connectivity index (χ4n) is 3.45. The molecule has 0 rings (SSSR count). The van der Waals surface area contributed by atoms with Crippen LogP contribution in [0, 0.1) is 14.7 Å². The summed E-state index contributed by atoms with van der Waals surface area (Å²) in [6.07, 6.45) is 10.8. The Hall–Kier alpha value is -1.28. The number of hydrogen-bond acceptors (Lipinski definition) is 8. The maximum Gasteiger partial charge on any atom is 0.0920 e. The molecule has 0 saturated heterocycles. The van der Waals surface area contributed by atoms with Gasteiger partial charge < -0.3 is 11.5 Å². The van der Waals surface area contributed by atoms with Crippen LogP contribution in [-0.2, 0) is 0 Å². The highest BCUT2D eigenvalue weighted by Crippen LogP contribution is 2.18. The average Bonchev–Trinajstić information content (AvgIpc) is 2.70. The molecule has 0 heterocycles. The zero-order chi connectivity index (χ0) is 21.2. The Morgan fingerprint density at radius 3 is 1.68 bits per heavy atom. The summed E-state index contributed by atoms with van der Waals surface area (Å²) < 4.78 is 0. The summed E-state index contributed by atoms with van der Waals surface area (Å²) in [6, 6.07) is -0.378. The molecule has 8 heteroatoms. The van der Waals surface area contributed by atoms with Crippen molar-refractivity contribution in [1.82, 2.24) is 0 Å². The lowest BCUT2D eigenvalue weighted by atomic mass is 9.97. The first kappa shape index (κ1) is 26.7. The van der Waals surface area contributed by atoms with Crippen molar-refractivity contribution in [3.63, 3.8) is 0 Å². The standard InChI is InChI=1S/C20H41N5O3/c1-3-7-17(21)14-15-20(25-28)11-6-10-19(24-27)9-5-4-8-18(22)13-12-16(2)23-26/h16-20H,3-15,21-22H2,1-2H3. The van der Waals surface area contributed by atoms with Gasteiger partial charge in [0.15, 0.2) is 0 Å². The first-order valence-corrected chi connectivity index (χ1v) is 10.9. The van der Waals surface area contributed by atoms with E-state index in [-0.39, 0.29) is 30.2 Å². The number of unbranched alkanes of at least 4 members (excludes halogenated alkanes) is 1. The van der Waals surface area contributed by atoms with Gasteiger partial charge in [-0.3, -0.25) is 0 Å². The van der Waals surface area contributed by atoms with Gasteiger partial charge >= 0.3 is 0 Å². The smallest absolute Gasteiger partial charge is 0.0920 e. The summed E-state index contributed by atoms with van der Waals surface area (Å²) in [5.41, 5.74) is 12.0. The molecule has 0 aromatic carbocycles. The molecular weight excluding hydrogens is 358 g/mol. The molecular formula is C20H41N5O3. The van der Waals surface area contributed by atoms with E-state index in [9.17, 15) is 14.7 Å². The third-order valence-corrected chi connectivity index (χ3v) is 5.40. The molecule has 0 fully saturated rings. The van der Waals surface area contributed by atoms with Gasteiger partial charge in [-0.1, -0.05) is 41.7 Å². The second kappa shape index (κ2) is 17.8. The van der Waals surface area contributed by atoms with Gasteiger partial charge in [-0.25, -0.2) is 0 Å². The zero-order valence-corrected chi connectivity index (χ0v) is 17.8. The third kappa shape index (κ3) is 14.7. The number of nitrogens with two attached hydrogens (primary N) is 2. The van der Waals surface area contributed by atoms with Crippen LogP contribution in [0.1, 0.15) is 97.3 Å². The first-order valence-electron chi connectivity index (χ1n) is 10.9. The van der Waals surface area contributed by atoms with Crippen LogP contribution in [0.15, 0.2) is 15.5 Å². The second-order valence-electron chi connectivity index (χ2n) is 8.15. The molecule has 164 valence electrons. The van der Waals surface area contributed by atoms with Crippen molar-refractivity contribution in [2.75, 3.05) is 0 Å². The van der Waals surface area contributed by atoms with Crippen molar-refractivity contribution in [2.24, 2.45) is 27.0 Å². The van der Waals surface area contributed by atoms with Gasteiger partial charge in [-0.2, -0.15) is 14.7 Å². The first-order chi connectivity index (χ1) is 13.5. The van der Waals surface area contributed by atoms with E-state index in [0.717, 1.165) is 70.6 Å². The highest BCUT2D eigenvalue weighted by atomic mass is 16.3. The van der Waals surface area contributed by atoms with Crippen molar-refractivity contribution < 1.29 is 0 Å². The molecule has 0 spiro atoms. The largest absolute Gasteiger partial charge is 0.328 e. The van der Waals surface area contributed by atoms with Crippen molar-refractivity contribution in [2.45, 2.75) is 128 Å². The maximum absolute atomic E-state index is 11.1. The van der Waals surface area contributed by atoms with Crippen molar-refractivity contribution >= 4 is 0 Å². The summed E-state index contributed by atoms with van der Waals surface area (Å²) in [5, 5.41) is 9.44. The summed E-state index contributed by atoms with van der Waals surface area (Å²) in [5.74, 6) is 0. The van der Waals surface area contributed by atoms with Crippen LogP contribution in [-0.4, -0.2) is 30.2 Å². The highest BCUT2D eigenvalue weighted by Gasteiger charge is 2.14. The van der Waals surface area contributed by atoms with E-state index in [0.29, 0.717) is 12.8 Å². The van der Waals surface area contributed by atoms with E-state index in [1.807, 2.05) is 0 Å². The van der Waals surface area contributed by atoms with Gasteiger partial charge in [-0.05, 0) is 71.1 Å². The lowest BCUT2D eigenvalue weighted by Gasteiger charge is -2.15. The molecule has 5 unspecified atom stereocenters. The van der Waals surface area contributed by atoms with E-state index in [2.05, 4.69) is 22.5 Å². The Kier molecular flexibility index (Phi) is 17.0. The average molecular weight is 400 g/mol. The van der Waals surface area contributed by atoms with Gasteiger partial charge in [0.2, 0.25) is 0 Å². The van der Waals surface area contributed by atoms with Crippen molar-refractivity contribution in [1.29, 1.82) is 0 Å². The molecule has 0 radical (unpaired) electrons. The third-order valence-electron chi connectivity index (χ3n) is 5.40. The number of nitrogens with zero attached hydrogens (tertiary/aromatic N) is 3. The summed E-state index contributed by atoms with van der Waals surface area (Å²) in [6.45, 7) is 3.89.